The fourth-order valence-corrected chi connectivity index (χ4v) is 2.27. The van der Waals surface area contributed by atoms with Crippen LogP contribution in [-0.2, 0) is 0 Å². The first kappa shape index (κ1) is 13.1. The average Bonchev–Trinajstić information content (AvgIpc) is 2.44. The predicted octanol–water partition coefficient (Wildman–Crippen LogP) is 3.03. The lowest BCUT2D eigenvalue weighted by Crippen LogP contribution is -2.01. The molecule has 2 N–H and O–H groups in total. The maximum atomic E-state index is 9.30. The van der Waals surface area contributed by atoms with Gasteiger partial charge in [0.25, 0.3) is 0 Å². The molecule has 0 fully saturated rings. The number of rotatable bonds is 4. The van der Waals surface area contributed by atoms with Crippen molar-refractivity contribution < 1.29 is 10.2 Å². The molecule has 2 heteroatoms. The maximum absolute atomic E-state index is 9.30. The molecule has 96 valence electrons. The van der Waals surface area contributed by atoms with Crippen LogP contribution in [0.5, 0.6) is 0 Å². The summed E-state index contributed by atoms with van der Waals surface area (Å²) in [5.74, 6) is 0.308. The van der Waals surface area contributed by atoms with Gasteiger partial charge in [0.15, 0.2) is 0 Å². The van der Waals surface area contributed by atoms with E-state index in [-0.39, 0.29) is 25.0 Å². The minimum atomic E-state index is 0.148. The van der Waals surface area contributed by atoms with Crippen molar-refractivity contribution in [1.82, 2.24) is 0 Å². The molecule has 0 bridgehead atoms. The van der Waals surface area contributed by atoms with Gasteiger partial charge >= 0.3 is 0 Å². The van der Waals surface area contributed by atoms with Gasteiger partial charge in [0.1, 0.15) is 0 Å². The summed E-state index contributed by atoms with van der Waals surface area (Å²) in [7, 11) is 0. The van der Waals surface area contributed by atoms with Crippen molar-refractivity contribution in [3.8, 4) is 0 Å². The maximum Gasteiger partial charge on any atom is 0.0497 e. The largest absolute Gasteiger partial charge is 0.396 e. The Morgan fingerprint density at radius 2 is 1.67 bits per heavy atom. The van der Waals surface area contributed by atoms with Gasteiger partial charge in [-0.25, -0.2) is 0 Å². The molecule has 0 amide bonds. The van der Waals surface area contributed by atoms with Crippen molar-refractivity contribution in [3.05, 3.63) is 47.5 Å². The third kappa shape index (κ3) is 2.40. The molecular weight excluding hydrogens is 224 g/mol. The summed E-state index contributed by atoms with van der Waals surface area (Å²) in [5.41, 5.74) is 2.33. The Morgan fingerprint density at radius 3 is 2.33 bits per heavy atom. The topological polar surface area (TPSA) is 40.5 Å². The van der Waals surface area contributed by atoms with Crippen LogP contribution in [0.3, 0.4) is 0 Å². The first-order chi connectivity index (χ1) is 8.67. The molecule has 2 unspecified atom stereocenters. The molecule has 2 aromatic carbocycles. The number of aliphatic hydroxyl groups excluding tert-OH is 2. The van der Waals surface area contributed by atoms with Crippen LogP contribution in [0.15, 0.2) is 36.4 Å². The second-order valence-corrected chi connectivity index (χ2v) is 5.00. The monoisotopic (exact) mass is 244 g/mol. The van der Waals surface area contributed by atoms with Crippen LogP contribution in [0.25, 0.3) is 10.8 Å². The van der Waals surface area contributed by atoms with Gasteiger partial charge in [-0.3, -0.25) is 0 Å². The number of fused-ring (bicyclic) bond motifs is 1. The van der Waals surface area contributed by atoms with Gasteiger partial charge in [-0.05, 0) is 21.9 Å². The number of hydrogen-bond acceptors (Lipinski definition) is 2. The van der Waals surface area contributed by atoms with Crippen molar-refractivity contribution in [2.45, 2.75) is 25.7 Å². The molecule has 18 heavy (non-hydrogen) atoms. The highest BCUT2D eigenvalue weighted by molar-refractivity contribution is 5.87. The molecule has 2 aromatic rings. The van der Waals surface area contributed by atoms with E-state index in [4.69, 9.17) is 0 Å². The normalized spacial score (nSPS) is 14.7. The van der Waals surface area contributed by atoms with E-state index in [0.29, 0.717) is 0 Å². The third-order valence-electron chi connectivity index (χ3n) is 3.59. The smallest absolute Gasteiger partial charge is 0.0497 e. The van der Waals surface area contributed by atoms with Gasteiger partial charge in [-0.1, -0.05) is 50.2 Å². The second kappa shape index (κ2) is 5.51. The van der Waals surface area contributed by atoms with E-state index in [0.717, 1.165) is 5.56 Å². The van der Waals surface area contributed by atoms with E-state index in [1.54, 1.807) is 0 Å². The van der Waals surface area contributed by atoms with Crippen LogP contribution in [-0.4, -0.2) is 23.4 Å². The van der Waals surface area contributed by atoms with Gasteiger partial charge in [0, 0.05) is 25.0 Å². The van der Waals surface area contributed by atoms with Gasteiger partial charge in [-0.15, -0.1) is 0 Å². The second-order valence-electron chi connectivity index (χ2n) is 5.00. The van der Waals surface area contributed by atoms with Crippen molar-refractivity contribution in [1.29, 1.82) is 0 Å². The van der Waals surface area contributed by atoms with E-state index in [1.165, 1.54) is 16.3 Å². The quantitative estimate of drug-likeness (QED) is 0.868. The molecule has 0 aliphatic heterocycles. The van der Waals surface area contributed by atoms with E-state index >= 15 is 0 Å². The number of hydrogen-bond donors (Lipinski definition) is 2. The highest BCUT2D eigenvalue weighted by atomic mass is 16.3. The van der Waals surface area contributed by atoms with E-state index in [9.17, 15) is 10.2 Å². The number of benzene rings is 2. The van der Waals surface area contributed by atoms with Crippen molar-refractivity contribution >= 4 is 10.8 Å². The Labute approximate surface area is 108 Å². The third-order valence-corrected chi connectivity index (χ3v) is 3.59. The summed E-state index contributed by atoms with van der Waals surface area (Å²) in [6.07, 6.45) is 0. The first-order valence-electron chi connectivity index (χ1n) is 6.41. The zero-order chi connectivity index (χ0) is 13.1. The molecule has 2 rings (SSSR count). The molecule has 0 aliphatic carbocycles. The minimum Gasteiger partial charge on any atom is -0.396 e. The summed E-state index contributed by atoms with van der Waals surface area (Å²) in [6.45, 7) is 4.37. The predicted molar refractivity (Wildman–Crippen MR) is 74.9 cm³/mol. The van der Waals surface area contributed by atoms with Crippen LogP contribution in [0.2, 0.25) is 0 Å². The molecule has 0 aliphatic rings. The standard InChI is InChI=1S/C16H20O2/c1-11(9-17)13-6-7-16-14(8-13)4-3-5-15(16)12(2)10-18/h3-8,11-12,17-18H,9-10H2,1-2H3. The van der Waals surface area contributed by atoms with Gasteiger partial charge in [0.05, 0.1) is 0 Å². The Balaban J connectivity index is 2.53. The van der Waals surface area contributed by atoms with E-state index < -0.39 is 0 Å². The van der Waals surface area contributed by atoms with Crippen LogP contribution in [0, 0.1) is 0 Å². The molecule has 0 saturated carbocycles. The summed E-state index contributed by atoms with van der Waals surface area (Å²) in [5, 5.41) is 20.9. The summed E-state index contributed by atoms with van der Waals surface area (Å²) in [4.78, 5) is 0. The highest BCUT2D eigenvalue weighted by Gasteiger charge is 2.10. The molecular formula is C16H20O2. The SMILES string of the molecule is CC(CO)c1ccc2c(C(C)CO)cccc2c1. The molecule has 0 spiro atoms. The Morgan fingerprint density at radius 1 is 0.944 bits per heavy atom. The molecule has 0 saturated heterocycles. The average molecular weight is 244 g/mol. The zero-order valence-corrected chi connectivity index (χ0v) is 10.9. The summed E-state index contributed by atoms with van der Waals surface area (Å²) >= 11 is 0. The lowest BCUT2D eigenvalue weighted by atomic mass is 9.92. The fourth-order valence-electron chi connectivity index (χ4n) is 2.27. The van der Waals surface area contributed by atoms with E-state index in [1.807, 2.05) is 19.9 Å². The summed E-state index contributed by atoms with van der Waals surface area (Å²) < 4.78 is 0. The minimum absolute atomic E-state index is 0.148. The Hall–Kier alpha value is -1.38. The molecule has 0 radical (unpaired) electrons. The van der Waals surface area contributed by atoms with E-state index in [2.05, 4.69) is 30.3 Å². The van der Waals surface area contributed by atoms with Crippen molar-refractivity contribution in [2.75, 3.05) is 13.2 Å². The van der Waals surface area contributed by atoms with Crippen LogP contribution >= 0.6 is 0 Å². The molecule has 0 aromatic heterocycles. The lowest BCUT2D eigenvalue weighted by molar-refractivity contribution is 0.273. The van der Waals surface area contributed by atoms with Gasteiger partial charge in [0.2, 0.25) is 0 Å². The Bertz CT molecular complexity index is 534. The summed E-state index contributed by atoms with van der Waals surface area (Å²) in [6, 6.07) is 12.5. The van der Waals surface area contributed by atoms with Gasteiger partial charge in [-0.2, -0.15) is 0 Å². The van der Waals surface area contributed by atoms with Gasteiger partial charge < -0.3 is 10.2 Å². The lowest BCUT2D eigenvalue weighted by Gasteiger charge is -2.14. The Kier molecular flexibility index (Phi) is 4.00. The van der Waals surface area contributed by atoms with Crippen LogP contribution in [0.4, 0.5) is 0 Å². The fraction of sp³-hybridized carbons (Fsp3) is 0.375. The molecule has 0 heterocycles. The van der Waals surface area contributed by atoms with Crippen LogP contribution < -0.4 is 0 Å². The number of aliphatic hydroxyl groups is 2. The molecule has 2 atom stereocenters. The van der Waals surface area contributed by atoms with Crippen molar-refractivity contribution in [2.24, 2.45) is 0 Å². The zero-order valence-electron chi connectivity index (χ0n) is 10.9. The van der Waals surface area contributed by atoms with Crippen molar-refractivity contribution in [3.63, 3.8) is 0 Å². The first-order valence-corrected chi connectivity index (χ1v) is 6.41. The van der Waals surface area contributed by atoms with Crippen LogP contribution in [0.1, 0.15) is 36.8 Å². The highest BCUT2D eigenvalue weighted by Crippen LogP contribution is 2.28. The molecule has 2 nitrogen and oxygen atoms in total.